The van der Waals surface area contributed by atoms with E-state index in [1.807, 2.05) is 0 Å². The Morgan fingerprint density at radius 2 is 2.05 bits per heavy atom. The first-order chi connectivity index (χ1) is 9.99. The summed E-state index contributed by atoms with van der Waals surface area (Å²) in [6.45, 7) is 0.148. The average Bonchev–Trinajstić information content (AvgIpc) is 2.45. The van der Waals surface area contributed by atoms with Crippen LogP contribution in [0.25, 0.3) is 0 Å². The zero-order valence-electron chi connectivity index (χ0n) is 10.5. The summed E-state index contributed by atoms with van der Waals surface area (Å²) in [7, 11) is 0. The summed E-state index contributed by atoms with van der Waals surface area (Å²) < 4.78 is 0. The van der Waals surface area contributed by atoms with Crippen molar-refractivity contribution in [3.8, 4) is 0 Å². The molecule has 6 nitrogen and oxygen atoms in total. The maximum atomic E-state index is 12.1. The minimum atomic E-state index is -0.687. The Balaban J connectivity index is 2.19. The number of rotatable bonds is 4. The van der Waals surface area contributed by atoms with Crippen molar-refractivity contribution in [2.45, 2.75) is 6.54 Å². The third-order valence-corrected chi connectivity index (χ3v) is 3.26. The number of aromatic nitrogens is 1. The van der Waals surface area contributed by atoms with Crippen LogP contribution in [0.15, 0.2) is 36.5 Å². The normalized spacial score (nSPS) is 10.2. The number of benzene rings is 1. The summed E-state index contributed by atoms with van der Waals surface area (Å²) in [5.74, 6) is -0.620. The van der Waals surface area contributed by atoms with Crippen LogP contribution in [-0.4, -0.2) is 15.8 Å². The van der Waals surface area contributed by atoms with Gasteiger partial charge in [0.05, 0.1) is 4.92 Å². The number of carbonyl (C=O) groups is 1. The zero-order chi connectivity index (χ0) is 15.4. The zero-order valence-corrected chi connectivity index (χ0v) is 12.1. The summed E-state index contributed by atoms with van der Waals surface area (Å²) in [6.07, 6.45) is 0.951. The number of nitrogens with one attached hydrogen (secondary N) is 1. The lowest BCUT2D eigenvalue weighted by Gasteiger charge is -2.07. The number of carbonyl (C=O) groups excluding carboxylic acids is 1. The Labute approximate surface area is 129 Å². The average molecular weight is 326 g/mol. The highest BCUT2D eigenvalue weighted by Gasteiger charge is 2.21. The van der Waals surface area contributed by atoms with Crippen LogP contribution in [-0.2, 0) is 6.54 Å². The van der Waals surface area contributed by atoms with Crippen molar-refractivity contribution >= 4 is 34.8 Å². The minimum Gasteiger partial charge on any atom is -0.348 e. The summed E-state index contributed by atoms with van der Waals surface area (Å²) in [6, 6.07) is 8.13. The van der Waals surface area contributed by atoms with Gasteiger partial charge in [-0.1, -0.05) is 41.4 Å². The Morgan fingerprint density at radius 3 is 2.71 bits per heavy atom. The van der Waals surface area contributed by atoms with Crippen LogP contribution in [0.2, 0.25) is 10.2 Å². The number of halogens is 2. The van der Waals surface area contributed by atoms with Crippen molar-refractivity contribution in [3.05, 3.63) is 67.9 Å². The fourth-order valence-corrected chi connectivity index (χ4v) is 2.02. The molecule has 8 heteroatoms. The van der Waals surface area contributed by atoms with Gasteiger partial charge in [0.2, 0.25) is 0 Å². The first-order valence-corrected chi connectivity index (χ1v) is 6.56. The first-order valence-electron chi connectivity index (χ1n) is 5.80. The third kappa shape index (κ3) is 3.68. The predicted molar refractivity (Wildman–Crippen MR) is 78.5 cm³/mol. The lowest BCUT2D eigenvalue weighted by Crippen LogP contribution is -2.24. The molecular formula is C13H9Cl2N3O3. The topological polar surface area (TPSA) is 85.1 Å². The fraction of sp³-hybridized carbons (Fsp3) is 0.0769. The molecular weight excluding hydrogens is 317 g/mol. The van der Waals surface area contributed by atoms with Crippen molar-refractivity contribution in [2.75, 3.05) is 0 Å². The van der Waals surface area contributed by atoms with E-state index in [4.69, 9.17) is 23.2 Å². The van der Waals surface area contributed by atoms with Gasteiger partial charge in [-0.3, -0.25) is 14.9 Å². The molecule has 1 heterocycles. The van der Waals surface area contributed by atoms with Gasteiger partial charge >= 0.3 is 0 Å². The molecule has 1 amide bonds. The van der Waals surface area contributed by atoms with E-state index in [0.717, 1.165) is 12.3 Å². The highest BCUT2D eigenvalue weighted by molar-refractivity contribution is 6.31. The lowest BCUT2D eigenvalue weighted by molar-refractivity contribution is -0.385. The molecule has 1 aromatic heterocycles. The highest BCUT2D eigenvalue weighted by Crippen LogP contribution is 2.21. The summed E-state index contributed by atoms with van der Waals surface area (Å²) >= 11 is 11.6. The largest absolute Gasteiger partial charge is 0.348 e. The molecule has 0 atom stereocenters. The molecule has 0 saturated heterocycles. The molecule has 0 aliphatic carbocycles. The van der Waals surface area contributed by atoms with Gasteiger partial charge in [0.1, 0.15) is 16.9 Å². The van der Waals surface area contributed by atoms with Crippen LogP contribution in [0, 0.1) is 10.1 Å². The predicted octanol–water partition coefficient (Wildman–Crippen LogP) is 3.23. The van der Waals surface area contributed by atoms with Gasteiger partial charge in [-0.25, -0.2) is 4.98 Å². The maximum absolute atomic E-state index is 12.1. The van der Waals surface area contributed by atoms with Crippen molar-refractivity contribution in [1.82, 2.24) is 10.3 Å². The first kappa shape index (κ1) is 15.2. The molecule has 1 N–H and O–H groups in total. The van der Waals surface area contributed by atoms with Gasteiger partial charge in [0.25, 0.3) is 11.6 Å². The molecule has 1 aromatic carbocycles. The number of nitrogens with zero attached hydrogens (tertiary/aromatic N) is 2. The second kappa shape index (κ2) is 6.51. The monoisotopic (exact) mass is 325 g/mol. The molecule has 0 spiro atoms. The summed E-state index contributed by atoms with van der Waals surface area (Å²) in [5.41, 5.74) is 0.151. The van der Waals surface area contributed by atoms with E-state index in [1.54, 1.807) is 24.3 Å². The number of amides is 1. The molecule has 0 fully saturated rings. The van der Waals surface area contributed by atoms with E-state index in [-0.39, 0.29) is 17.3 Å². The van der Waals surface area contributed by atoms with E-state index in [9.17, 15) is 14.9 Å². The second-order valence-electron chi connectivity index (χ2n) is 4.06. The number of hydrogen-bond donors (Lipinski definition) is 1. The van der Waals surface area contributed by atoms with Crippen LogP contribution in [0.3, 0.4) is 0 Å². The van der Waals surface area contributed by atoms with Gasteiger partial charge in [0.15, 0.2) is 0 Å². The number of pyridine rings is 1. The molecule has 0 unspecified atom stereocenters. The van der Waals surface area contributed by atoms with E-state index >= 15 is 0 Å². The maximum Gasteiger partial charge on any atom is 0.300 e. The van der Waals surface area contributed by atoms with E-state index in [1.165, 1.54) is 0 Å². The van der Waals surface area contributed by atoms with Crippen LogP contribution >= 0.6 is 23.2 Å². The molecule has 21 heavy (non-hydrogen) atoms. The third-order valence-electron chi connectivity index (χ3n) is 2.69. The SMILES string of the molecule is O=C(NCc1ccccc1Cl)c1cc(Cl)ncc1[N+](=O)[O-]. The van der Waals surface area contributed by atoms with Gasteiger partial charge in [-0.15, -0.1) is 0 Å². The van der Waals surface area contributed by atoms with Crippen LogP contribution < -0.4 is 5.32 Å². The van der Waals surface area contributed by atoms with Crippen molar-refractivity contribution in [2.24, 2.45) is 0 Å². The fourth-order valence-electron chi connectivity index (χ4n) is 1.66. The van der Waals surface area contributed by atoms with E-state index in [2.05, 4.69) is 10.3 Å². The van der Waals surface area contributed by atoms with Gasteiger partial charge in [-0.05, 0) is 17.7 Å². The number of nitro groups is 1. The Hall–Kier alpha value is -2.18. The molecule has 2 rings (SSSR count). The summed E-state index contributed by atoms with van der Waals surface area (Å²) in [5, 5.41) is 14.0. The van der Waals surface area contributed by atoms with Gasteiger partial charge in [0, 0.05) is 11.6 Å². The summed E-state index contributed by atoms with van der Waals surface area (Å²) in [4.78, 5) is 25.9. The number of hydrogen-bond acceptors (Lipinski definition) is 4. The van der Waals surface area contributed by atoms with Crippen LogP contribution in [0.4, 0.5) is 5.69 Å². The smallest absolute Gasteiger partial charge is 0.300 e. The Kier molecular flexibility index (Phi) is 4.72. The molecule has 2 aromatic rings. The van der Waals surface area contributed by atoms with Crippen LogP contribution in [0.1, 0.15) is 15.9 Å². The molecule has 0 saturated carbocycles. The molecule has 0 radical (unpaired) electrons. The lowest BCUT2D eigenvalue weighted by atomic mass is 10.2. The minimum absolute atomic E-state index is 0.00323. The Bertz CT molecular complexity index is 707. The quantitative estimate of drug-likeness (QED) is 0.531. The van der Waals surface area contributed by atoms with Gasteiger partial charge < -0.3 is 5.32 Å². The van der Waals surface area contributed by atoms with Gasteiger partial charge in [-0.2, -0.15) is 0 Å². The van der Waals surface area contributed by atoms with E-state index < -0.39 is 16.5 Å². The van der Waals surface area contributed by atoms with Crippen molar-refractivity contribution in [3.63, 3.8) is 0 Å². The molecule has 108 valence electrons. The second-order valence-corrected chi connectivity index (χ2v) is 4.85. The molecule has 0 aliphatic rings. The molecule has 0 aliphatic heterocycles. The van der Waals surface area contributed by atoms with Crippen LogP contribution in [0.5, 0.6) is 0 Å². The Morgan fingerprint density at radius 1 is 1.33 bits per heavy atom. The van der Waals surface area contributed by atoms with Crippen molar-refractivity contribution in [1.29, 1.82) is 0 Å². The standard InChI is InChI=1S/C13H9Cl2N3O3/c14-10-4-2-1-3-8(10)6-17-13(19)9-5-12(15)16-7-11(9)18(20)21/h1-5,7H,6H2,(H,17,19). The van der Waals surface area contributed by atoms with E-state index in [0.29, 0.717) is 10.6 Å². The van der Waals surface area contributed by atoms with Crippen molar-refractivity contribution < 1.29 is 9.72 Å². The molecule has 0 bridgehead atoms. The highest BCUT2D eigenvalue weighted by atomic mass is 35.5.